The van der Waals surface area contributed by atoms with E-state index in [0.29, 0.717) is 31.5 Å². The quantitative estimate of drug-likeness (QED) is 0.681. The van der Waals surface area contributed by atoms with Crippen molar-refractivity contribution >= 4 is 5.91 Å². The van der Waals surface area contributed by atoms with E-state index in [4.69, 9.17) is 4.74 Å². The lowest BCUT2D eigenvalue weighted by Crippen LogP contribution is -2.42. The Kier molecular flexibility index (Phi) is 8.05. The minimum absolute atomic E-state index is 0.0707. The van der Waals surface area contributed by atoms with Crippen molar-refractivity contribution in [2.75, 3.05) is 19.7 Å². The maximum Gasteiger partial charge on any atom is 0.220 e. The number of hydrogen-bond donors (Lipinski definition) is 1. The fraction of sp³-hybridized carbons (Fsp3) is 0.458. The van der Waals surface area contributed by atoms with Gasteiger partial charge in [-0.25, -0.2) is 4.39 Å². The minimum Gasteiger partial charge on any atom is -0.492 e. The second kappa shape index (κ2) is 11.0. The molecule has 0 bridgehead atoms. The van der Waals surface area contributed by atoms with Gasteiger partial charge in [0.1, 0.15) is 18.2 Å². The SMILES string of the molecule is C[C@H](COc1ccccc1)N1CCC(CCC(=O)NCc2ccc(F)cc2)CC1. The van der Waals surface area contributed by atoms with E-state index in [0.717, 1.165) is 43.7 Å². The van der Waals surface area contributed by atoms with E-state index < -0.39 is 0 Å². The van der Waals surface area contributed by atoms with E-state index in [1.807, 2.05) is 30.3 Å². The predicted octanol–water partition coefficient (Wildman–Crippen LogP) is 4.40. The molecule has 0 unspecified atom stereocenters. The highest BCUT2D eigenvalue weighted by Crippen LogP contribution is 2.23. The van der Waals surface area contributed by atoms with Crippen LogP contribution in [0.3, 0.4) is 0 Å². The average molecular weight is 399 g/mol. The summed E-state index contributed by atoms with van der Waals surface area (Å²) in [6.07, 6.45) is 3.73. The Morgan fingerprint density at radius 3 is 2.52 bits per heavy atom. The van der Waals surface area contributed by atoms with Crippen molar-refractivity contribution in [3.05, 3.63) is 66.0 Å². The van der Waals surface area contributed by atoms with Crippen molar-refractivity contribution in [2.24, 2.45) is 5.92 Å². The zero-order valence-corrected chi connectivity index (χ0v) is 17.1. The molecule has 1 heterocycles. The van der Waals surface area contributed by atoms with Crippen LogP contribution in [0.5, 0.6) is 5.75 Å². The van der Waals surface area contributed by atoms with Crippen molar-refractivity contribution in [2.45, 2.75) is 45.2 Å². The molecule has 1 saturated heterocycles. The molecule has 0 radical (unpaired) electrons. The molecule has 1 amide bonds. The van der Waals surface area contributed by atoms with Crippen LogP contribution >= 0.6 is 0 Å². The number of nitrogens with zero attached hydrogens (tertiary/aromatic N) is 1. The number of likely N-dealkylation sites (tertiary alicyclic amines) is 1. The van der Waals surface area contributed by atoms with Gasteiger partial charge < -0.3 is 10.1 Å². The molecule has 1 atom stereocenters. The van der Waals surface area contributed by atoms with Crippen LogP contribution in [0.2, 0.25) is 0 Å². The second-order valence-electron chi connectivity index (χ2n) is 7.89. The minimum atomic E-state index is -0.257. The van der Waals surface area contributed by atoms with Gasteiger partial charge in [0, 0.05) is 19.0 Å². The van der Waals surface area contributed by atoms with Crippen LogP contribution in [0.1, 0.15) is 38.2 Å². The maximum absolute atomic E-state index is 12.9. The molecule has 0 aliphatic carbocycles. The number of para-hydroxylation sites is 1. The summed E-state index contributed by atoms with van der Waals surface area (Å²) in [5.41, 5.74) is 0.916. The number of carbonyl (C=O) groups is 1. The molecule has 5 heteroatoms. The molecule has 1 fully saturated rings. The third-order valence-electron chi connectivity index (χ3n) is 5.69. The molecule has 0 spiro atoms. The van der Waals surface area contributed by atoms with E-state index in [9.17, 15) is 9.18 Å². The lowest BCUT2D eigenvalue weighted by Gasteiger charge is -2.35. The first-order valence-electron chi connectivity index (χ1n) is 10.5. The van der Waals surface area contributed by atoms with Gasteiger partial charge in [-0.15, -0.1) is 0 Å². The normalized spacial score (nSPS) is 16.3. The Morgan fingerprint density at radius 2 is 1.83 bits per heavy atom. The molecule has 2 aromatic carbocycles. The number of ether oxygens (including phenoxy) is 1. The molecular weight excluding hydrogens is 367 g/mol. The Morgan fingerprint density at radius 1 is 1.14 bits per heavy atom. The topological polar surface area (TPSA) is 41.6 Å². The molecule has 1 N–H and O–H groups in total. The van der Waals surface area contributed by atoms with Crippen molar-refractivity contribution in [3.63, 3.8) is 0 Å². The summed E-state index contributed by atoms with van der Waals surface area (Å²) in [5.74, 6) is 1.33. The van der Waals surface area contributed by atoms with Crippen LogP contribution in [0, 0.1) is 11.7 Å². The van der Waals surface area contributed by atoms with E-state index in [-0.39, 0.29) is 11.7 Å². The van der Waals surface area contributed by atoms with Gasteiger partial charge in [0.05, 0.1) is 0 Å². The number of carbonyl (C=O) groups excluding carboxylic acids is 1. The Balaban J connectivity index is 1.30. The summed E-state index contributed by atoms with van der Waals surface area (Å²) in [4.78, 5) is 14.6. The molecule has 29 heavy (non-hydrogen) atoms. The highest BCUT2D eigenvalue weighted by atomic mass is 19.1. The highest BCUT2D eigenvalue weighted by Gasteiger charge is 2.23. The van der Waals surface area contributed by atoms with Gasteiger partial charge in [0.25, 0.3) is 0 Å². The molecule has 156 valence electrons. The fourth-order valence-electron chi connectivity index (χ4n) is 3.75. The van der Waals surface area contributed by atoms with Crippen LogP contribution in [0.15, 0.2) is 54.6 Å². The van der Waals surface area contributed by atoms with E-state index in [1.54, 1.807) is 12.1 Å². The summed E-state index contributed by atoms with van der Waals surface area (Å²) in [5, 5.41) is 2.93. The molecule has 0 aromatic heterocycles. The van der Waals surface area contributed by atoms with E-state index >= 15 is 0 Å². The van der Waals surface area contributed by atoms with E-state index in [2.05, 4.69) is 17.1 Å². The van der Waals surface area contributed by atoms with Gasteiger partial charge in [-0.1, -0.05) is 30.3 Å². The molecule has 0 saturated carbocycles. The van der Waals surface area contributed by atoms with Crippen LogP contribution in [0.4, 0.5) is 4.39 Å². The van der Waals surface area contributed by atoms with Gasteiger partial charge in [0.15, 0.2) is 0 Å². The lowest BCUT2D eigenvalue weighted by atomic mass is 9.91. The zero-order chi connectivity index (χ0) is 20.5. The number of amides is 1. The summed E-state index contributed by atoms with van der Waals surface area (Å²) >= 11 is 0. The fourth-order valence-corrected chi connectivity index (χ4v) is 3.75. The Labute approximate surface area is 173 Å². The van der Waals surface area contributed by atoms with Crippen LogP contribution < -0.4 is 10.1 Å². The number of benzene rings is 2. The number of nitrogens with one attached hydrogen (secondary N) is 1. The van der Waals surface area contributed by atoms with Crippen LogP contribution in [-0.2, 0) is 11.3 Å². The number of rotatable bonds is 9. The molecule has 1 aliphatic rings. The monoisotopic (exact) mass is 398 g/mol. The first kappa shape index (κ1) is 21.3. The third kappa shape index (κ3) is 7.17. The Hall–Kier alpha value is -2.40. The second-order valence-corrected chi connectivity index (χ2v) is 7.89. The standard InChI is InChI=1S/C24H31FN2O2/c1-19(18-29-23-5-3-2-4-6-23)27-15-13-20(14-16-27)9-12-24(28)26-17-21-7-10-22(25)11-8-21/h2-8,10-11,19-20H,9,12-18H2,1H3,(H,26,28)/t19-/m1/s1. The van der Waals surface area contributed by atoms with Crippen molar-refractivity contribution in [1.82, 2.24) is 10.2 Å². The largest absolute Gasteiger partial charge is 0.492 e. The third-order valence-corrected chi connectivity index (χ3v) is 5.69. The summed E-state index contributed by atoms with van der Waals surface area (Å²) < 4.78 is 18.8. The zero-order valence-electron chi connectivity index (χ0n) is 17.1. The van der Waals surface area contributed by atoms with Gasteiger partial charge in [-0.05, 0) is 75.0 Å². The van der Waals surface area contributed by atoms with Gasteiger partial charge >= 0.3 is 0 Å². The number of piperidine rings is 1. The van der Waals surface area contributed by atoms with Gasteiger partial charge in [-0.3, -0.25) is 9.69 Å². The van der Waals surface area contributed by atoms with Crippen molar-refractivity contribution < 1.29 is 13.9 Å². The average Bonchev–Trinajstić information content (AvgIpc) is 2.76. The molecule has 1 aliphatic heterocycles. The first-order chi connectivity index (χ1) is 14.1. The first-order valence-corrected chi connectivity index (χ1v) is 10.5. The number of halogens is 1. The van der Waals surface area contributed by atoms with Crippen molar-refractivity contribution in [3.8, 4) is 5.75 Å². The molecule has 4 nitrogen and oxygen atoms in total. The predicted molar refractivity (Wildman–Crippen MR) is 113 cm³/mol. The highest BCUT2D eigenvalue weighted by molar-refractivity contribution is 5.75. The molecular formula is C24H31FN2O2. The lowest BCUT2D eigenvalue weighted by molar-refractivity contribution is -0.121. The summed E-state index contributed by atoms with van der Waals surface area (Å²) in [6.45, 7) is 5.48. The summed E-state index contributed by atoms with van der Waals surface area (Å²) in [6, 6.07) is 16.6. The molecule has 2 aromatic rings. The smallest absolute Gasteiger partial charge is 0.220 e. The maximum atomic E-state index is 12.9. The van der Waals surface area contributed by atoms with Crippen molar-refractivity contribution in [1.29, 1.82) is 0 Å². The van der Waals surface area contributed by atoms with Crippen LogP contribution in [-0.4, -0.2) is 36.5 Å². The number of hydrogen-bond acceptors (Lipinski definition) is 3. The summed E-state index contributed by atoms with van der Waals surface area (Å²) in [7, 11) is 0. The van der Waals surface area contributed by atoms with Crippen LogP contribution in [0.25, 0.3) is 0 Å². The Bertz CT molecular complexity index is 743. The molecule has 3 rings (SSSR count). The van der Waals surface area contributed by atoms with Gasteiger partial charge in [-0.2, -0.15) is 0 Å². The van der Waals surface area contributed by atoms with Gasteiger partial charge in [0.2, 0.25) is 5.91 Å². The van der Waals surface area contributed by atoms with E-state index in [1.165, 1.54) is 12.1 Å².